The molecule has 1 radical (unpaired) electrons. The number of primary amides is 1. The van der Waals surface area contributed by atoms with Crippen molar-refractivity contribution in [3.8, 4) is 0 Å². The third-order valence-corrected chi connectivity index (χ3v) is 22.1. The zero-order valence-corrected chi connectivity index (χ0v) is 66.1. The Bertz CT molecular complexity index is 4520. The van der Waals surface area contributed by atoms with Crippen molar-refractivity contribution in [1.82, 2.24) is 16.0 Å². The summed E-state index contributed by atoms with van der Waals surface area (Å²) >= 11 is 13.7. The van der Waals surface area contributed by atoms with E-state index in [1.54, 1.807) is 4.90 Å². The molecule has 14 rings (SSSR count). The van der Waals surface area contributed by atoms with Gasteiger partial charge in [-0.2, -0.15) is 0 Å². The number of nitrogens with two attached hydrogens (primary N) is 1. The number of ketones is 1. The Labute approximate surface area is 657 Å². The van der Waals surface area contributed by atoms with Crippen molar-refractivity contribution in [2.24, 2.45) is 21.9 Å². The molecule has 0 saturated carbocycles. The molecule has 6 N–H and O–H groups in total. The minimum atomic E-state index is -0.930. The van der Waals surface area contributed by atoms with E-state index in [-0.39, 0.29) is 78.2 Å². The molecular weight excluding hydrogens is 1600 g/mol. The van der Waals surface area contributed by atoms with Crippen LogP contribution in [0.15, 0.2) is 133 Å². The van der Waals surface area contributed by atoms with E-state index in [1.165, 1.54) is 42.8 Å². The van der Waals surface area contributed by atoms with Gasteiger partial charge in [0.25, 0.3) is 0 Å². The second kappa shape index (κ2) is 35.9. The molecule has 6 aromatic rings. The number of halogens is 3. The maximum absolute atomic E-state index is 13.9. The van der Waals surface area contributed by atoms with Gasteiger partial charge >= 0.3 is 42.7 Å². The maximum atomic E-state index is 13.9. The molecule has 8 aliphatic heterocycles. The first-order valence-electron chi connectivity index (χ1n) is 35.6. The van der Waals surface area contributed by atoms with Gasteiger partial charge in [-0.25, -0.2) is 14.4 Å². The molecule has 6 aromatic carbocycles. The predicted molar refractivity (Wildman–Crippen MR) is 419 cm³/mol. The minimum absolute atomic E-state index is 0.0420. The number of hydrogen-bond acceptors (Lipinski definition) is 16. The topological polar surface area (TPSA) is 331 Å². The van der Waals surface area contributed by atoms with Gasteiger partial charge in [-0.15, -0.1) is 0 Å². The molecule has 8 aliphatic rings. The molecule has 0 fully saturated rings. The average Bonchev–Trinajstić information content (AvgIpc) is 1.62. The number of benzene rings is 6. The molecule has 29 heteroatoms. The molecular formula is C79H84BBr3N9O15S. The molecule has 0 bridgehead atoms. The first-order chi connectivity index (χ1) is 51.6. The second-order valence-corrected chi connectivity index (χ2v) is 30.9. The summed E-state index contributed by atoms with van der Waals surface area (Å²) in [6.07, 6.45) is 7.24. The van der Waals surface area contributed by atoms with Crippen LogP contribution in [0.1, 0.15) is 134 Å². The SMILES string of the molecule is COC(=O)[C@@H]1Cc2cc(Br)cc3c2N1C(=O)[C@@H](NC(C)=O)CC3.COC(=O)[C@@H]1Cc2cccc3c2N1C(=O)[C@@H](NC(C)=O)CC3.C[C@H]1CCc2cc(Br)cc3c2N(C1=O)[C@H](C(=O)N[C@@H](CCC(N)=O)C(=O)CC(c1ccccc1)c1ccccc1)C3.C[C@H]1CCc2cc(Br)cc3c2N(C1=O)[C@H](C(=O)O)C3.[B]=NS. The van der Waals surface area contributed by atoms with Crippen molar-refractivity contribution >= 4 is 162 Å². The number of carbonyl (C=O) groups is 12. The average molecular weight is 1680 g/mol. The fraction of sp³-hybridized carbons (Fsp3) is 0.392. The van der Waals surface area contributed by atoms with Crippen LogP contribution in [0.2, 0.25) is 0 Å². The van der Waals surface area contributed by atoms with Crippen LogP contribution in [-0.4, -0.2) is 140 Å². The molecule has 0 saturated heterocycles. The van der Waals surface area contributed by atoms with Crippen molar-refractivity contribution in [3.05, 3.63) is 184 Å². The van der Waals surface area contributed by atoms with Gasteiger partial charge in [-0.3, -0.25) is 62.8 Å². The number of carboxylic acid groups (broad SMARTS) is 1. The fourth-order valence-electron chi connectivity index (χ4n) is 15.8. The van der Waals surface area contributed by atoms with Crippen LogP contribution in [0, 0.1) is 11.8 Å². The van der Waals surface area contributed by atoms with E-state index in [1.807, 2.05) is 129 Å². The Morgan fingerprint density at radius 3 is 1.31 bits per heavy atom. The molecule has 24 nitrogen and oxygen atoms in total. The summed E-state index contributed by atoms with van der Waals surface area (Å²) in [6.45, 7) is 6.54. The number of rotatable bonds is 15. The van der Waals surface area contributed by atoms with E-state index in [9.17, 15) is 62.6 Å². The summed E-state index contributed by atoms with van der Waals surface area (Å²) in [5.41, 5.74) is 18.6. The van der Waals surface area contributed by atoms with E-state index >= 15 is 0 Å². The number of carboxylic acids is 1. The molecule has 565 valence electrons. The van der Waals surface area contributed by atoms with E-state index in [2.05, 4.69) is 88.5 Å². The Morgan fingerprint density at radius 2 is 0.898 bits per heavy atom. The number of hydrogen-bond donors (Lipinski definition) is 6. The number of thiol groups is 1. The molecule has 9 atom stereocenters. The number of ether oxygens (including phenoxy) is 2. The van der Waals surface area contributed by atoms with Crippen molar-refractivity contribution < 1.29 is 72.1 Å². The van der Waals surface area contributed by atoms with Crippen LogP contribution >= 0.6 is 60.6 Å². The monoisotopic (exact) mass is 1680 g/mol. The number of nitrogens with zero attached hydrogens (tertiary/aromatic N) is 5. The van der Waals surface area contributed by atoms with Crippen molar-refractivity contribution in [3.63, 3.8) is 0 Å². The number of esters is 2. The predicted octanol–water partition coefficient (Wildman–Crippen LogP) is 9.29. The molecule has 0 unspecified atom stereocenters. The van der Waals surface area contributed by atoms with Gasteiger partial charge in [0, 0.05) is 83.5 Å². The number of aryl methyl sites for hydroxylation is 4. The summed E-state index contributed by atoms with van der Waals surface area (Å²) in [7, 11) is 6.97. The standard InChI is InChI=1S/C33H34BrN3O4.C16H17BrN2O4.C16H18N2O4.C14H14BrNO3.BHNS/c1-20-12-13-23-16-25(34)17-24-18-28(37(31(23)24)33(20)41)32(40)36-27(14-15-30(35)39)29(38)19-26(21-8-4-2-5-9-21)22-10-6-3-7-11-22;1-8(20)18-12-4-3-9-5-11(17)6-10-7-13(16(22)23-2)19(14(9)10)15(12)21;1-9(19)17-12-7-6-10-4-3-5-11-8-13(16(21)22-2)18(14(10)11)15(12)20;1-7-2-3-8-4-10(15)5-9-6-11(14(18)19)16(12(8)9)13(7)17;1-2-3/h2-11,16-17,20,26-28H,12-15,18-19H2,1H3,(H2,35,39)(H,36,40);5-6,12-13H,3-4,7H2,1-2H3,(H,18,20);3-5,12-13H,6-8H2,1-2H3,(H,17,19);4-5,7,11H,2-3,6H2,1H3,(H,18,19);3H/t20-,27-,28-;2*12-,13-;7-,11-;/m0000./s1. The molecule has 8 heterocycles. The van der Waals surface area contributed by atoms with Gasteiger partial charge in [0.15, 0.2) is 5.78 Å². The zero-order chi connectivity index (χ0) is 78.1. The van der Waals surface area contributed by atoms with Crippen LogP contribution in [0.5, 0.6) is 0 Å². The normalized spacial score (nSPS) is 21.0. The third kappa shape index (κ3) is 18.1. The van der Waals surface area contributed by atoms with E-state index in [4.69, 9.17) is 15.2 Å². The van der Waals surface area contributed by atoms with Gasteiger partial charge in [0.1, 0.15) is 36.3 Å². The second-order valence-electron chi connectivity index (χ2n) is 27.9. The van der Waals surface area contributed by atoms with Crippen LogP contribution in [0.4, 0.5) is 22.7 Å². The van der Waals surface area contributed by atoms with E-state index in [0.29, 0.717) is 57.8 Å². The summed E-state index contributed by atoms with van der Waals surface area (Å²) in [4.78, 5) is 156. The van der Waals surface area contributed by atoms with Crippen LogP contribution < -0.4 is 41.3 Å². The van der Waals surface area contributed by atoms with Gasteiger partial charge in [-0.1, -0.05) is 141 Å². The molecule has 8 amide bonds. The van der Waals surface area contributed by atoms with Gasteiger partial charge in [0.05, 0.1) is 43.0 Å². The number of aliphatic carboxylic acids is 1. The number of Topliss-reactive ketones (excluding diaryl/α,β-unsaturated/α-hetero) is 1. The fourth-order valence-corrected chi connectivity index (χ4v) is 17.4. The van der Waals surface area contributed by atoms with E-state index < -0.39 is 72.0 Å². The zero-order valence-electron chi connectivity index (χ0n) is 60.5. The first kappa shape index (κ1) is 81.3. The number of para-hydroxylation sites is 1. The van der Waals surface area contributed by atoms with Crippen molar-refractivity contribution in [2.75, 3.05) is 33.8 Å². The van der Waals surface area contributed by atoms with Crippen molar-refractivity contribution in [2.45, 2.75) is 172 Å². The van der Waals surface area contributed by atoms with Crippen LogP contribution in [0.25, 0.3) is 0 Å². The molecule has 0 aliphatic carbocycles. The number of anilines is 4. The first-order valence-corrected chi connectivity index (χ1v) is 38.4. The van der Waals surface area contributed by atoms with Gasteiger partial charge in [-0.05, 0) is 150 Å². The summed E-state index contributed by atoms with van der Waals surface area (Å²) in [5, 5.41) is 17.7. The summed E-state index contributed by atoms with van der Waals surface area (Å²) in [6, 6.07) is 32.2. The van der Waals surface area contributed by atoms with Crippen LogP contribution in [-0.2, 0) is 118 Å². The quantitative estimate of drug-likeness (QED) is 0.0317. The van der Waals surface area contributed by atoms with Gasteiger partial charge < -0.3 is 36.3 Å². The molecule has 108 heavy (non-hydrogen) atoms. The number of nitrogens with one attached hydrogen (secondary N) is 3. The molecule has 0 spiro atoms. The summed E-state index contributed by atoms with van der Waals surface area (Å²) < 4.78 is 15.2. The Morgan fingerprint density at radius 1 is 0.537 bits per heavy atom. The molecule has 0 aromatic heterocycles. The Kier molecular flexibility index (Phi) is 27.0. The third-order valence-electron chi connectivity index (χ3n) is 20.7. The van der Waals surface area contributed by atoms with Crippen LogP contribution in [0.3, 0.4) is 0 Å². The number of amides is 8. The Hall–Kier alpha value is -9.19. The van der Waals surface area contributed by atoms with E-state index in [0.717, 1.165) is 111 Å². The Balaban J connectivity index is 0.000000160. The van der Waals surface area contributed by atoms with Gasteiger partial charge in [0.2, 0.25) is 47.3 Å². The van der Waals surface area contributed by atoms with Crippen molar-refractivity contribution in [1.29, 1.82) is 0 Å². The number of methoxy groups -OCH3 is 2. The number of carbonyl (C=O) groups excluding carboxylic acids is 11. The summed E-state index contributed by atoms with van der Waals surface area (Å²) in [5.74, 6) is -4.67.